The molecule has 0 aliphatic rings. The minimum Gasteiger partial charge on any atom is -0.462 e. The Bertz CT molecular complexity index is 848. The first-order chi connectivity index (χ1) is 22.3. The zero-order chi connectivity index (χ0) is 34.0. The number of esters is 2. The van der Waals surface area contributed by atoms with Crippen LogP contribution in [-0.4, -0.2) is 41.0 Å². The van der Waals surface area contributed by atoms with Gasteiger partial charge in [0.2, 0.25) is 0 Å². The SMILES string of the molecule is CCCCCC/C=C/C=C/CCCCCCCC(=O)O[C@H](COC(=O)CCCCCCC/C=C/CCCCCC)COP(=O)(O)O. The van der Waals surface area contributed by atoms with E-state index in [4.69, 9.17) is 19.3 Å². The zero-order valence-corrected chi connectivity index (χ0v) is 30.1. The smallest absolute Gasteiger partial charge is 0.462 e. The molecular formula is C37H67O8P. The van der Waals surface area contributed by atoms with Crippen LogP contribution in [0.3, 0.4) is 0 Å². The summed E-state index contributed by atoms with van der Waals surface area (Å²) in [5.41, 5.74) is 0. The van der Waals surface area contributed by atoms with Crippen LogP contribution < -0.4 is 0 Å². The minimum atomic E-state index is -4.75. The van der Waals surface area contributed by atoms with E-state index < -0.39 is 32.5 Å². The monoisotopic (exact) mass is 670 g/mol. The average Bonchev–Trinajstić information content (AvgIpc) is 3.02. The maximum atomic E-state index is 12.3. The molecule has 1 atom stereocenters. The quantitative estimate of drug-likeness (QED) is 0.0233. The van der Waals surface area contributed by atoms with Crippen molar-refractivity contribution < 1.29 is 37.9 Å². The van der Waals surface area contributed by atoms with Gasteiger partial charge in [0.25, 0.3) is 0 Å². The Balaban J connectivity index is 4.03. The number of unbranched alkanes of at least 4 members (excludes halogenated alkanes) is 18. The Hall–Kier alpha value is -1.73. The molecule has 0 unspecified atom stereocenters. The number of phosphoric ester groups is 1. The van der Waals surface area contributed by atoms with E-state index in [1.54, 1.807) is 0 Å². The second-order valence-corrected chi connectivity index (χ2v) is 13.5. The van der Waals surface area contributed by atoms with Gasteiger partial charge in [-0.2, -0.15) is 0 Å². The van der Waals surface area contributed by atoms with Gasteiger partial charge >= 0.3 is 19.8 Å². The molecule has 0 bridgehead atoms. The first kappa shape index (κ1) is 44.3. The molecule has 0 spiro atoms. The average molecular weight is 671 g/mol. The molecule has 0 aromatic heterocycles. The fourth-order valence-electron chi connectivity index (χ4n) is 4.89. The third-order valence-corrected chi connectivity index (χ3v) is 8.14. The van der Waals surface area contributed by atoms with Crippen molar-refractivity contribution in [2.24, 2.45) is 0 Å². The maximum Gasteiger partial charge on any atom is 0.469 e. The standard InChI is InChI=1S/C37H67O8P/c1-3-5-7-9-11-13-15-17-18-20-22-24-26-28-30-32-37(39)45-35(34-44-46(40,41)42)33-43-36(38)31-29-27-25-23-21-19-16-14-12-10-8-6-4-2/h13-18,35H,3-12,19-34H2,1-2H3,(H2,40,41,42)/b15-13+,16-14+,18-17+/t35-/m1/s1. The van der Waals surface area contributed by atoms with Gasteiger partial charge in [-0.1, -0.05) is 127 Å². The van der Waals surface area contributed by atoms with Crippen molar-refractivity contribution in [2.75, 3.05) is 13.2 Å². The fourth-order valence-corrected chi connectivity index (χ4v) is 5.25. The van der Waals surface area contributed by atoms with Crippen LogP contribution in [0.15, 0.2) is 36.5 Å². The first-order valence-electron chi connectivity index (χ1n) is 18.3. The molecular weight excluding hydrogens is 603 g/mol. The van der Waals surface area contributed by atoms with Gasteiger partial charge < -0.3 is 19.3 Å². The van der Waals surface area contributed by atoms with E-state index >= 15 is 0 Å². The lowest BCUT2D eigenvalue weighted by atomic mass is 10.1. The lowest BCUT2D eigenvalue weighted by Crippen LogP contribution is -2.29. The van der Waals surface area contributed by atoms with Crippen molar-refractivity contribution in [1.29, 1.82) is 0 Å². The molecule has 0 aliphatic heterocycles. The molecule has 0 saturated carbocycles. The molecule has 0 heterocycles. The van der Waals surface area contributed by atoms with E-state index in [9.17, 15) is 14.2 Å². The molecule has 0 amide bonds. The summed E-state index contributed by atoms with van der Waals surface area (Å²) in [5.74, 6) is -0.914. The van der Waals surface area contributed by atoms with E-state index in [2.05, 4.69) is 54.8 Å². The minimum absolute atomic E-state index is 0.193. The van der Waals surface area contributed by atoms with Crippen LogP contribution in [0.5, 0.6) is 0 Å². The predicted octanol–water partition coefficient (Wildman–Crippen LogP) is 10.6. The summed E-state index contributed by atoms with van der Waals surface area (Å²) in [4.78, 5) is 42.6. The number of ether oxygens (including phenoxy) is 2. The maximum absolute atomic E-state index is 12.3. The molecule has 0 radical (unpaired) electrons. The normalized spacial score (nSPS) is 12.9. The van der Waals surface area contributed by atoms with Crippen LogP contribution in [0.25, 0.3) is 0 Å². The molecule has 0 fully saturated rings. The van der Waals surface area contributed by atoms with E-state index in [0.717, 1.165) is 70.6 Å². The van der Waals surface area contributed by atoms with Crippen LogP contribution in [-0.2, 0) is 28.2 Å². The molecule has 8 nitrogen and oxygen atoms in total. The molecule has 9 heteroatoms. The summed E-state index contributed by atoms with van der Waals surface area (Å²) in [6.45, 7) is 3.61. The second kappa shape index (κ2) is 33.2. The number of hydrogen-bond donors (Lipinski definition) is 2. The second-order valence-electron chi connectivity index (χ2n) is 12.2. The fraction of sp³-hybridized carbons (Fsp3) is 0.784. The van der Waals surface area contributed by atoms with Crippen LogP contribution in [0, 0.1) is 0 Å². The third kappa shape index (κ3) is 35.1. The first-order valence-corrected chi connectivity index (χ1v) is 19.8. The molecule has 0 aromatic rings. The summed E-state index contributed by atoms with van der Waals surface area (Å²) in [7, 11) is -4.75. The van der Waals surface area contributed by atoms with Crippen molar-refractivity contribution in [3.05, 3.63) is 36.5 Å². The molecule has 46 heavy (non-hydrogen) atoms. The highest BCUT2D eigenvalue weighted by molar-refractivity contribution is 7.46. The van der Waals surface area contributed by atoms with Crippen molar-refractivity contribution >= 4 is 19.8 Å². The van der Waals surface area contributed by atoms with E-state index in [1.807, 2.05) is 0 Å². The molecule has 0 rings (SSSR count). The summed E-state index contributed by atoms with van der Waals surface area (Å²) < 4.78 is 26.2. The number of allylic oxidation sites excluding steroid dienone is 6. The van der Waals surface area contributed by atoms with Crippen molar-refractivity contribution in [3.8, 4) is 0 Å². The van der Waals surface area contributed by atoms with Gasteiger partial charge in [-0.15, -0.1) is 0 Å². The highest BCUT2D eigenvalue weighted by Crippen LogP contribution is 2.36. The Labute approximate surface area is 281 Å². The number of carbonyl (C=O) groups is 2. The Morgan fingerprint density at radius 2 is 0.978 bits per heavy atom. The molecule has 0 aromatic carbocycles. The Kier molecular flexibility index (Phi) is 31.9. The Morgan fingerprint density at radius 3 is 1.46 bits per heavy atom. The number of hydrogen-bond acceptors (Lipinski definition) is 6. The van der Waals surface area contributed by atoms with Crippen molar-refractivity contribution in [3.63, 3.8) is 0 Å². The van der Waals surface area contributed by atoms with Crippen LogP contribution in [0.2, 0.25) is 0 Å². The lowest BCUT2D eigenvalue weighted by Gasteiger charge is -2.18. The van der Waals surface area contributed by atoms with Gasteiger partial charge in [-0.05, 0) is 64.2 Å². The number of rotatable bonds is 33. The molecule has 268 valence electrons. The van der Waals surface area contributed by atoms with Crippen molar-refractivity contribution in [1.82, 2.24) is 0 Å². The Morgan fingerprint density at radius 1 is 0.565 bits per heavy atom. The largest absolute Gasteiger partial charge is 0.469 e. The van der Waals surface area contributed by atoms with Gasteiger partial charge in [-0.3, -0.25) is 14.1 Å². The predicted molar refractivity (Wildman–Crippen MR) is 188 cm³/mol. The molecule has 2 N–H and O–H groups in total. The highest BCUT2D eigenvalue weighted by Gasteiger charge is 2.22. The number of phosphoric acid groups is 1. The van der Waals surface area contributed by atoms with Gasteiger partial charge in [0.05, 0.1) is 6.61 Å². The van der Waals surface area contributed by atoms with Crippen molar-refractivity contribution in [2.45, 2.75) is 174 Å². The third-order valence-electron chi connectivity index (χ3n) is 7.66. The van der Waals surface area contributed by atoms with Gasteiger partial charge in [-0.25, -0.2) is 4.57 Å². The van der Waals surface area contributed by atoms with E-state index in [0.29, 0.717) is 12.8 Å². The topological polar surface area (TPSA) is 119 Å². The summed E-state index contributed by atoms with van der Waals surface area (Å²) in [5, 5.41) is 0. The lowest BCUT2D eigenvalue weighted by molar-refractivity contribution is -0.161. The van der Waals surface area contributed by atoms with E-state index in [-0.39, 0.29) is 19.4 Å². The van der Waals surface area contributed by atoms with Crippen LogP contribution in [0.1, 0.15) is 168 Å². The molecule has 0 saturated heterocycles. The van der Waals surface area contributed by atoms with Gasteiger partial charge in [0.1, 0.15) is 6.61 Å². The van der Waals surface area contributed by atoms with Gasteiger partial charge in [0, 0.05) is 12.8 Å². The summed E-state index contributed by atoms with van der Waals surface area (Å²) >= 11 is 0. The van der Waals surface area contributed by atoms with Crippen LogP contribution >= 0.6 is 7.82 Å². The zero-order valence-electron chi connectivity index (χ0n) is 29.2. The van der Waals surface area contributed by atoms with Gasteiger partial charge in [0.15, 0.2) is 6.10 Å². The molecule has 0 aliphatic carbocycles. The summed E-state index contributed by atoms with van der Waals surface area (Å²) in [6.07, 6.45) is 37.2. The summed E-state index contributed by atoms with van der Waals surface area (Å²) in [6, 6.07) is 0. The highest BCUT2D eigenvalue weighted by atomic mass is 31.2. The van der Waals surface area contributed by atoms with E-state index in [1.165, 1.54) is 57.8 Å². The number of carbonyl (C=O) groups excluding carboxylic acids is 2. The van der Waals surface area contributed by atoms with Crippen LogP contribution in [0.4, 0.5) is 0 Å².